The maximum absolute atomic E-state index is 12.1. The molecule has 0 N–H and O–H groups in total. The Bertz CT molecular complexity index is 676. The first-order valence-corrected chi connectivity index (χ1v) is 8.10. The average Bonchev–Trinajstić information content (AvgIpc) is 2.43. The van der Waals surface area contributed by atoms with Crippen LogP contribution in [0.1, 0.15) is 57.2 Å². The number of cyclic esters (lactones) is 2. The molecule has 0 aliphatic carbocycles. The second-order valence-corrected chi connectivity index (χ2v) is 6.57. The highest BCUT2D eigenvalue weighted by Gasteiger charge is 2.38. The van der Waals surface area contributed by atoms with Crippen LogP contribution in [0.2, 0.25) is 0 Å². The van der Waals surface area contributed by atoms with Crippen molar-refractivity contribution in [1.82, 2.24) is 0 Å². The molecule has 2 rings (SSSR count). The summed E-state index contributed by atoms with van der Waals surface area (Å²) >= 11 is 0. The normalized spacial score (nSPS) is 16.7. The highest BCUT2D eigenvalue weighted by atomic mass is 16.7. The molecule has 0 radical (unpaired) electrons. The molecule has 1 fully saturated rings. The number of carbonyl (C=O) groups is 2. The molecular weight excluding hydrogens is 308 g/mol. The zero-order valence-corrected chi connectivity index (χ0v) is 15.1. The maximum atomic E-state index is 12.1. The first-order chi connectivity index (χ1) is 11.1. The van der Waals surface area contributed by atoms with Gasteiger partial charge >= 0.3 is 11.9 Å². The van der Waals surface area contributed by atoms with Gasteiger partial charge < -0.3 is 14.2 Å². The number of aryl methyl sites for hydroxylation is 1. The van der Waals surface area contributed by atoms with E-state index in [0.29, 0.717) is 6.61 Å². The second kappa shape index (κ2) is 6.67. The zero-order valence-electron chi connectivity index (χ0n) is 15.1. The quantitative estimate of drug-likeness (QED) is 0.477. The lowest BCUT2D eigenvalue weighted by Gasteiger charge is -2.29. The molecule has 0 spiro atoms. The van der Waals surface area contributed by atoms with Gasteiger partial charge in [-0.3, -0.25) is 0 Å². The fourth-order valence-electron chi connectivity index (χ4n) is 2.54. The van der Waals surface area contributed by atoms with Crippen molar-refractivity contribution in [3.63, 3.8) is 0 Å². The van der Waals surface area contributed by atoms with Crippen molar-refractivity contribution < 1.29 is 23.8 Å². The SMILES string of the molecule is CCOc1cc(C)c(C=C2C(=O)OC(C)(C)OC2=O)cc1C(C)C. The molecule has 1 heterocycles. The van der Waals surface area contributed by atoms with E-state index in [1.54, 1.807) is 0 Å². The number of hydrogen-bond donors (Lipinski definition) is 0. The smallest absolute Gasteiger partial charge is 0.348 e. The van der Waals surface area contributed by atoms with E-state index < -0.39 is 17.7 Å². The van der Waals surface area contributed by atoms with Crippen molar-refractivity contribution >= 4 is 18.0 Å². The molecule has 0 unspecified atom stereocenters. The van der Waals surface area contributed by atoms with Gasteiger partial charge in [-0.1, -0.05) is 13.8 Å². The second-order valence-electron chi connectivity index (χ2n) is 6.57. The summed E-state index contributed by atoms with van der Waals surface area (Å²) in [5, 5.41) is 0. The molecule has 0 bridgehead atoms. The molecule has 1 aliphatic rings. The molecular formula is C19H24O5. The van der Waals surface area contributed by atoms with Crippen molar-refractivity contribution in [2.45, 2.75) is 53.2 Å². The largest absolute Gasteiger partial charge is 0.494 e. The van der Waals surface area contributed by atoms with Crippen LogP contribution in [-0.2, 0) is 19.1 Å². The number of hydrogen-bond acceptors (Lipinski definition) is 5. The number of benzene rings is 1. The van der Waals surface area contributed by atoms with Crippen LogP contribution in [0.5, 0.6) is 5.75 Å². The third-order valence-corrected chi connectivity index (χ3v) is 3.74. The Hall–Kier alpha value is -2.30. The predicted molar refractivity (Wildman–Crippen MR) is 90.7 cm³/mol. The summed E-state index contributed by atoms with van der Waals surface area (Å²) < 4.78 is 16.0. The van der Waals surface area contributed by atoms with Crippen LogP contribution in [0.4, 0.5) is 0 Å². The summed E-state index contributed by atoms with van der Waals surface area (Å²) in [6.07, 6.45) is 1.52. The van der Waals surface area contributed by atoms with E-state index >= 15 is 0 Å². The minimum absolute atomic E-state index is 0.101. The molecule has 1 aromatic carbocycles. The Balaban J connectivity index is 2.47. The van der Waals surface area contributed by atoms with Gasteiger partial charge in [0.05, 0.1) is 6.61 Å². The molecule has 1 aromatic rings. The summed E-state index contributed by atoms with van der Waals surface area (Å²) in [6.45, 7) is 11.6. The van der Waals surface area contributed by atoms with Crippen LogP contribution in [0, 0.1) is 6.92 Å². The monoisotopic (exact) mass is 332 g/mol. The summed E-state index contributed by atoms with van der Waals surface area (Å²) in [4.78, 5) is 24.2. The lowest BCUT2D eigenvalue weighted by molar-refractivity contribution is -0.222. The first kappa shape index (κ1) is 18.0. The van der Waals surface area contributed by atoms with E-state index in [4.69, 9.17) is 14.2 Å². The highest BCUT2D eigenvalue weighted by molar-refractivity contribution is 6.19. The Morgan fingerprint density at radius 2 is 1.75 bits per heavy atom. The maximum Gasteiger partial charge on any atom is 0.348 e. The minimum Gasteiger partial charge on any atom is -0.494 e. The van der Waals surface area contributed by atoms with Crippen molar-refractivity contribution in [3.05, 3.63) is 34.4 Å². The van der Waals surface area contributed by atoms with Crippen molar-refractivity contribution in [2.24, 2.45) is 0 Å². The number of rotatable bonds is 4. The van der Waals surface area contributed by atoms with Gasteiger partial charge in [-0.25, -0.2) is 9.59 Å². The summed E-state index contributed by atoms with van der Waals surface area (Å²) in [5.74, 6) is -1.51. The van der Waals surface area contributed by atoms with E-state index in [-0.39, 0.29) is 11.5 Å². The highest BCUT2D eigenvalue weighted by Crippen LogP contribution is 2.32. The van der Waals surface area contributed by atoms with Crippen molar-refractivity contribution in [1.29, 1.82) is 0 Å². The van der Waals surface area contributed by atoms with Crippen LogP contribution < -0.4 is 4.74 Å². The Morgan fingerprint density at radius 3 is 2.25 bits per heavy atom. The van der Waals surface area contributed by atoms with Gasteiger partial charge in [0, 0.05) is 13.8 Å². The Labute approximate surface area is 142 Å². The van der Waals surface area contributed by atoms with E-state index in [1.165, 1.54) is 19.9 Å². The molecule has 0 amide bonds. The molecule has 0 saturated carbocycles. The van der Waals surface area contributed by atoms with Gasteiger partial charge in [0.25, 0.3) is 5.79 Å². The first-order valence-electron chi connectivity index (χ1n) is 8.10. The van der Waals surface area contributed by atoms with Crippen molar-refractivity contribution in [2.75, 3.05) is 6.61 Å². The third kappa shape index (κ3) is 3.78. The molecule has 0 aromatic heterocycles. The summed E-state index contributed by atoms with van der Waals surface area (Å²) in [7, 11) is 0. The predicted octanol–water partition coefficient (Wildman–Crippen LogP) is 3.74. The average molecular weight is 332 g/mol. The number of carbonyl (C=O) groups excluding carboxylic acids is 2. The lowest BCUT2D eigenvalue weighted by Crippen LogP contribution is -2.41. The van der Waals surface area contributed by atoms with E-state index in [0.717, 1.165) is 22.4 Å². The molecule has 0 atom stereocenters. The third-order valence-electron chi connectivity index (χ3n) is 3.74. The van der Waals surface area contributed by atoms with Crippen molar-refractivity contribution in [3.8, 4) is 5.75 Å². The topological polar surface area (TPSA) is 61.8 Å². The van der Waals surface area contributed by atoms with E-state index in [1.807, 2.05) is 26.0 Å². The zero-order chi connectivity index (χ0) is 18.1. The van der Waals surface area contributed by atoms with Crippen LogP contribution >= 0.6 is 0 Å². The van der Waals surface area contributed by atoms with Gasteiger partial charge in [-0.15, -0.1) is 0 Å². The molecule has 1 saturated heterocycles. The lowest BCUT2D eigenvalue weighted by atomic mass is 9.95. The summed E-state index contributed by atoms with van der Waals surface area (Å²) in [6, 6.07) is 3.87. The van der Waals surface area contributed by atoms with Gasteiger partial charge in [0.2, 0.25) is 0 Å². The minimum atomic E-state index is -1.23. The van der Waals surface area contributed by atoms with Gasteiger partial charge in [-0.05, 0) is 54.7 Å². The van der Waals surface area contributed by atoms with Gasteiger partial charge in [0.15, 0.2) is 0 Å². The molecule has 130 valence electrons. The van der Waals surface area contributed by atoms with Crippen LogP contribution in [0.15, 0.2) is 17.7 Å². The summed E-state index contributed by atoms with van der Waals surface area (Å²) in [5.41, 5.74) is 2.59. The van der Waals surface area contributed by atoms with E-state index in [9.17, 15) is 9.59 Å². The van der Waals surface area contributed by atoms with E-state index in [2.05, 4.69) is 13.8 Å². The Kier molecular flexibility index (Phi) is 5.02. The fourth-order valence-corrected chi connectivity index (χ4v) is 2.54. The number of esters is 2. The van der Waals surface area contributed by atoms with Crippen LogP contribution in [-0.4, -0.2) is 24.3 Å². The standard InChI is InChI=1S/C19H24O5/c1-7-22-16-8-12(4)13(9-14(16)11(2)3)10-15-17(20)23-19(5,6)24-18(15)21/h8-11H,7H2,1-6H3. The van der Waals surface area contributed by atoms with Crippen LogP contribution in [0.3, 0.4) is 0 Å². The van der Waals surface area contributed by atoms with Gasteiger partial charge in [-0.2, -0.15) is 0 Å². The number of ether oxygens (including phenoxy) is 3. The molecule has 24 heavy (non-hydrogen) atoms. The molecule has 5 nitrogen and oxygen atoms in total. The Morgan fingerprint density at radius 1 is 1.17 bits per heavy atom. The molecule has 5 heteroatoms. The molecule has 1 aliphatic heterocycles. The fraction of sp³-hybridized carbons (Fsp3) is 0.474. The van der Waals surface area contributed by atoms with Crippen LogP contribution in [0.25, 0.3) is 6.08 Å². The van der Waals surface area contributed by atoms with Gasteiger partial charge in [0.1, 0.15) is 11.3 Å².